The molecule has 0 aliphatic carbocycles. The van der Waals surface area contributed by atoms with Gasteiger partial charge in [0.2, 0.25) is 0 Å². The van der Waals surface area contributed by atoms with E-state index < -0.39 is 12.2 Å². The average Bonchev–Trinajstić information content (AvgIpc) is 4.12. The number of piperazine rings is 1. The molecule has 8 heterocycles. The zero-order valence-corrected chi connectivity index (χ0v) is 36.1. The number of carbonyl (C=O) groups is 2. The van der Waals surface area contributed by atoms with Crippen LogP contribution in [0.3, 0.4) is 0 Å². The predicted octanol–water partition coefficient (Wildman–Crippen LogP) is 8.91. The minimum Gasteiger partial charge on any atom is -0.479 e. The molecular weight excluding hydrogens is 821 g/mol. The van der Waals surface area contributed by atoms with Gasteiger partial charge in [0.25, 0.3) is 11.8 Å². The minimum atomic E-state index is -0.509. The Morgan fingerprint density at radius 1 is 0.710 bits per heavy atom. The summed E-state index contributed by atoms with van der Waals surface area (Å²) in [5.41, 5.74) is 10.1. The molecule has 4 aliphatic heterocycles. The second-order valence-corrected chi connectivity index (χ2v) is 17.6. The predicted molar refractivity (Wildman–Crippen MR) is 243 cm³/mol. The molecule has 11 rings (SSSR count). The lowest BCUT2D eigenvalue weighted by Gasteiger charge is -2.35. The largest absolute Gasteiger partial charge is 0.479 e. The van der Waals surface area contributed by atoms with Crippen LogP contribution in [-0.2, 0) is 22.4 Å². The van der Waals surface area contributed by atoms with Gasteiger partial charge in [-0.1, -0.05) is 47.5 Å². The molecule has 11 nitrogen and oxygen atoms in total. The molecule has 4 aliphatic rings. The number of piperidine rings is 1. The van der Waals surface area contributed by atoms with Crippen molar-refractivity contribution in [2.24, 2.45) is 0 Å². The van der Waals surface area contributed by atoms with E-state index in [4.69, 9.17) is 32.7 Å². The van der Waals surface area contributed by atoms with Crippen LogP contribution in [0.1, 0.15) is 47.9 Å². The van der Waals surface area contributed by atoms with Crippen LogP contribution < -0.4 is 14.8 Å². The van der Waals surface area contributed by atoms with Crippen molar-refractivity contribution in [1.29, 1.82) is 0 Å². The first-order chi connectivity index (χ1) is 30.2. The zero-order valence-electron chi connectivity index (χ0n) is 34.6. The number of aromatic nitrogens is 4. The average molecular weight is 869 g/mol. The quantitative estimate of drug-likeness (QED) is 0.158. The molecule has 0 spiro atoms. The van der Waals surface area contributed by atoms with Crippen molar-refractivity contribution in [2.45, 2.75) is 63.7 Å². The fourth-order valence-electron chi connectivity index (χ4n) is 9.73. The van der Waals surface area contributed by atoms with Crippen LogP contribution in [-0.4, -0.2) is 92.5 Å². The molecule has 0 bridgehead atoms. The number of nitrogens with zero attached hydrogens (tertiary/aromatic N) is 4. The number of carbonyl (C=O) groups excluding carboxylic acids is 2. The number of aryl methyl sites for hydroxylation is 1. The Hall–Kier alpha value is -5.88. The summed E-state index contributed by atoms with van der Waals surface area (Å²) >= 11 is 12.9. The van der Waals surface area contributed by atoms with E-state index in [0.29, 0.717) is 35.3 Å². The smallest absolute Gasteiger partial charge is 0.264 e. The lowest BCUT2D eigenvalue weighted by atomic mass is 9.87. The third-order valence-corrected chi connectivity index (χ3v) is 13.3. The number of fused-ring (bicyclic) bond motifs is 4. The number of aromatic amines is 2. The van der Waals surface area contributed by atoms with Gasteiger partial charge in [-0.15, -0.1) is 0 Å². The molecule has 3 unspecified atom stereocenters. The van der Waals surface area contributed by atoms with Gasteiger partial charge in [0.1, 0.15) is 22.8 Å². The van der Waals surface area contributed by atoms with Gasteiger partial charge in [0.15, 0.2) is 12.2 Å². The van der Waals surface area contributed by atoms with Crippen molar-refractivity contribution >= 4 is 57.1 Å². The Kier molecular flexibility index (Phi) is 10.9. The summed E-state index contributed by atoms with van der Waals surface area (Å²) in [5.74, 6) is 2.13. The van der Waals surface area contributed by atoms with E-state index in [-0.39, 0.29) is 17.9 Å². The highest BCUT2D eigenvalue weighted by atomic mass is 35.5. The highest BCUT2D eigenvalue weighted by Crippen LogP contribution is 2.45. The van der Waals surface area contributed by atoms with Gasteiger partial charge in [-0.2, -0.15) is 0 Å². The van der Waals surface area contributed by atoms with Crippen LogP contribution in [0.5, 0.6) is 11.5 Å². The molecule has 62 heavy (non-hydrogen) atoms. The Bertz CT molecular complexity index is 2830. The molecule has 13 heteroatoms. The van der Waals surface area contributed by atoms with E-state index in [1.807, 2.05) is 70.7 Å². The van der Waals surface area contributed by atoms with E-state index >= 15 is 0 Å². The van der Waals surface area contributed by atoms with E-state index in [9.17, 15) is 9.59 Å². The molecule has 7 aromatic rings. The van der Waals surface area contributed by atoms with Crippen molar-refractivity contribution in [2.75, 3.05) is 32.7 Å². The molecule has 4 aromatic heterocycles. The number of amides is 2. The molecule has 3 aromatic carbocycles. The number of hydrogen-bond donors (Lipinski definition) is 3. The molecule has 2 fully saturated rings. The number of H-pyrrole nitrogens is 2. The Balaban J connectivity index is 0.000000151. The van der Waals surface area contributed by atoms with Gasteiger partial charge < -0.3 is 34.6 Å². The fourth-order valence-corrected chi connectivity index (χ4v) is 10.2. The maximum absolute atomic E-state index is 13.4. The fraction of sp³-hybridized carbons (Fsp3) is 0.306. The van der Waals surface area contributed by atoms with Crippen LogP contribution in [0.2, 0.25) is 10.0 Å². The molecule has 3 atom stereocenters. The third-order valence-electron chi connectivity index (χ3n) is 12.9. The van der Waals surface area contributed by atoms with Crippen molar-refractivity contribution in [3.63, 3.8) is 0 Å². The van der Waals surface area contributed by atoms with E-state index in [0.717, 1.165) is 106 Å². The van der Waals surface area contributed by atoms with Crippen molar-refractivity contribution in [3.05, 3.63) is 130 Å². The highest BCUT2D eigenvalue weighted by molar-refractivity contribution is 6.31. The third kappa shape index (κ3) is 7.56. The Morgan fingerprint density at radius 2 is 1.27 bits per heavy atom. The van der Waals surface area contributed by atoms with Crippen LogP contribution in [0.15, 0.2) is 97.6 Å². The summed E-state index contributed by atoms with van der Waals surface area (Å²) in [7, 11) is 0. The molecular formula is C49H47Cl2N7O4. The topological polar surface area (TPSA) is 128 Å². The van der Waals surface area contributed by atoms with Gasteiger partial charge in [-0.3, -0.25) is 9.59 Å². The van der Waals surface area contributed by atoms with Gasteiger partial charge in [0.05, 0.1) is 0 Å². The summed E-state index contributed by atoms with van der Waals surface area (Å²) in [6.45, 7) is 8.08. The summed E-state index contributed by atoms with van der Waals surface area (Å²) in [5, 5.41) is 6.61. The van der Waals surface area contributed by atoms with Crippen LogP contribution in [0, 0.1) is 6.92 Å². The normalized spacial score (nSPS) is 19.7. The first-order valence-corrected chi connectivity index (χ1v) is 22.1. The molecule has 3 N–H and O–H groups in total. The van der Waals surface area contributed by atoms with Gasteiger partial charge in [-0.25, -0.2) is 9.97 Å². The number of likely N-dealkylation sites (tertiary alicyclic amines) is 1. The lowest BCUT2D eigenvalue weighted by molar-refractivity contribution is -0.141. The van der Waals surface area contributed by atoms with E-state index in [2.05, 4.69) is 63.4 Å². The summed E-state index contributed by atoms with van der Waals surface area (Å²) in [6, 6.07) is 24.3. The highest BCUT2D eigenvalue weighted by Gasteiger charge is 2.38. The SMILES string of the molecule is CC1CNCCN1C(=O)C1Cc2cc(Cl)cc(-c3ccnc4[nH]ccc34)c2O1.Cc1ccccc1C1CCN(C(=O)C2Cc3cc(Cl)cc(-c4ccnc5[nH]ccc45)c3O2)CC1. The summed E-state index contributed by atoms with van der Waals surface area (Å²) in [4.78, 5) is 45.5. The Morgan fingerprint density at radius 3 is 1.84 bits per heavy atom. The second kappa shape index (κ2) is 16.8. The number of rotatable bonds is 5. The maximum Gasteiger partial charge on any atom is 0.264 e. The van der Waals surface area contributed by atoms with E-state index in [1.54, 1.807) is 12.4 Å². The monoisotopic (exact) mass is 867 g/mol. The zero-order chi connectivity index (χ0) is 42.5. The van der Waals surface area contributed by atoms with Gasteiger partial charge in [-0.05, 0) is 103 Å². The first-order valence-electron chi connectivity index (χ1n) is 21.4. The standard InChI is InChI=1S/C28H26ClN3O2.C21H21ClN4O2/c1-17-4-2-3-5-21(17)18-8-12-32(13-9-18)28(33)25-15-19-14-20(29)16-24(26(19)34-25)22-6-10-30-27-23(22)7-11-31-27;1-12-11-23-6-7-26(12)21(27)18-9-13-8-14(22)10-17(19(13)28-18)15-2-4-24-20-16(15)3-5-25-20/h2-7,10-11,14,16,18,25H,8-9,12-13,15H2,1H3,(H,30,31);2-5,8,10,12,18,23H,6-7,9,11H2,1H3,(H,24,25). The second-order valence-electron chi connectivity index (χ2n) is 16.7. The molecule has 0 radical (unpaired) electrons. The number of hydrogen-bond acceptors (Lipinski definition) is 7. The summed E-state index contributed by atoms with van der Waals surface area (Å²) < 4.78 is 12.6. The number of nitrogens with one attached hydrogen (secondary N) is 3. The van der Waals surface area contributed by atoms with Crippen LogP contribution in [0.4, 0.5) is 0 Å². The van der Waals surface area contributed by atoms with E-state index in [1.165, 1.54) is 11.1 Å². The number of ether oxygens (including phenoxy) is 2. The van der Waals surface area contributed by atoms with Gasteiger partial charge in [0, 0.05) is 119 Å². The molecule has 2 saturated heterocycles. The number of halogens is 2. The van der Waals surface area contributed by atoms with Crippen LogP contribution in [0.25, 0.3) is 44.3 Å². The molecule has 2 amide bonds. The van der Waals surface area contributed by atoms with Crippen molar-refractivity contribution < 1.29 is 19.1 Å². The van der Waals surface area contributed by atoms with Crippen molar-refractivity contribution in [1.82, 2.24) is 35.1 Å². The number of benzene rings is 3. The summed E-state index contributed by atoms with van der Waals surface area (Å²) in [6.07, 6.45) is 9.32. The van der Waals surface area contributed by atoms with Gasteiger partial charge >= 0.3 is 0 Å². The molecule has 0 saturated carbocycles. The maximum atomic E-state index is 13.4. The minimum absolute atomic E-state index is 0.0498. The molecule has 316 valence electrons. The first kappa shape index (κ1) is 40.2. The Labute approximate surface area is 369 Å². The lowest BCUT2D eigenvalue weighted by Crippen LogP contribution is -2.55. The van der Waals surface area contributed by atoms with Crippen molar-refractivity contribution in [3.8, 4) is 33.8 Å². The van der Waals surface area contributed by atoms with Crippen LogP contribution >= 0.6 is 23.2 Å². The number of pyridine rings is 2.